The van der Waals surface area contributed by atoms with Crippen molar-refractivity contribution < 1.29 is 16.8 Å². The zero-order chi connectivity index (χ0) is 11.8. The van der Waals surface area contributed by atoms with Gasteiger partial charge in [-0.15, -0.1) is 0 Å². The summed E-state index contributed by atoms with van der Waals surface area (Å²) in [7, 11) is 0. The molecule has 0 radical (unpaired) electrons. The first-order chi connectivity index (χ1) is 6.73. The minimum atomic E-state index is -2.72. The van der Waals surface area contributed by atoms with Crippen LogP contribution in [0, 0.1) is 6.85 Å². The van der Waals surface area contributed by atoms with Crippen LogP contribution in [0.4, 0.5) is 0 Å². The Morgan fingerprint density at radius 3 is 3.40 bits per heavy atom. The van der Waals surface area contributed by atoms with E-state index in [1.807, 2.05) is 0 Å². The topological polar surface area (TPSA) is 50.2 Å². The lowest BCUT2D eigenvalue weighted by Gasteiger charge is -1.95. The predicted molar refractivity (Wildman–Crippen MR) is 35.9 cm³/mol. The van der Waals surface area contributed by atoms with Crippen LogP contribution in [0.2, 0.25) is 0 Å². The van der Waals surface area contributed by atoms with Crippen molar-refractivity contribution in [2.24, 2.45) is 0 Å². The largest absolute Gasteiger partial charge is 0.477 e. The molecule has 3 nitrogen and oxygen atoms in total. The highest BCUT2D eigenvalue weighted by atomic mass is 16.4. The number of carboxylic acids is 1. The summed E-state index contributed by atoms with van der Waals surface area (Å²) in [4.78, 5) is 14.0. The summed E-state index contributed by atoms with van der Waals surface area (Å²) in [6, 6.07) is 0.390. The second kappa shape index (κ2) is 2.47. The van der Waals surface area contributed by atoms with Crippen LogP contribution in [-0.2, 0) is 0 Å². The van der Waals surface area contributed by atoms with Gasteiger partial charge in [-0.2, -0.15) is 0 Å². The van der Waals surface area contributed by atoms with Crippen molar-refractivity contribution in [1.29, 1.82) is 0 Å². The zero-order valence-electron chi connectivity index (χ0n) is 9.88. The number of carboxylic acid groups (broad SMARTS) is 1. The Balaban J connectivity index is 3.55. The van der Waals surface area contributed by atoms with E-state index in [0.717, 1.165) is 6.07 Å². The molecule has 0 fully saturated rings. The Bertz CT molecular complexity index is 415. The highest BCUT2D eigenvalue weighted by Gasteiger charge is 2.05. The van der Waals surface area contributed by atoms with Gasteiger partial charge >= 0.3 is 5.97 Å². The van der Waals surface area contributed by atoms with Crippen LogP contribution in [0.25, 0.3) is 0 Å². The maximum Gasteiger partial charge on any atom is 0.354 e. The molecule has 1 rings (SSSR count). The average Bonchev–Trinajstić information content (AvgIpc) is 1.99. The molecule has 1 heterocycles. The van der Waals surface area contributed by atoms with Crippen LogP contribution in [0.1, 0.15) is 22.9 Å². The molecule has 0 atom stereocenters. The Hall–Kier alpha value is -1.38. The average molecular weight is 142 g/mol. The van der Waals surface area contributed by atoms with Crippen molar-refractivity contribution in [2.75, 3.05) is 0 Å². The number of pyridine rings is 1. The summed E-state index contributed by atoms with van der Waals surface area (Å²) in [5, 5.41) is 8.70. The third-order valence-corrected chi connectivity index (χ3v) is 0.897. The van der Waals surface area contributed by atoms with E-state index in [4.69, 9.17) is 12.0 Å². The molecule has 52 valence electrons. The molecule has 1 aromatic rings. The fourth-order valence-electron chi connectivity index (χ4n) is 0.480. The molecule has 0 aliphatic carbocycles. The van der Waals surface area contributed by atoms with Crippen LogP contribution in [0.15, 0.2) is 18.3 Å². The summed E-state index contributed by atoms with van der Waals surface area (Å²) in [5.41, 5.74) is -1.39. The Morgan fingerprint density at radius 1 is 2.00 bits per heavy atom. The first-order valence-electron chi connectivity index (χ1n) is 4.95. The lowest BCUT2D eigenvalue weighted by atomic mass is 10.2. The molecular formula is C7H7NO2. The normalized spacial score (nSPS) is 17.8. The van der Waals surface area contributed by atoms with E-state index in [2.05, 4.69) is 4.98 Å². The van der Waals surface area contributed by atoms with Gasteiger partial charge in [0.2, 0.25) is 0 Å². The molecule has 3 heteroatoms. The van der Waals surface area contributed by atoms with Crippen LogP contribution in [-0.4, -0.2) is 16.1 Å². The number of hydrogen-bond acceptors (Lipinski definition) is 2. The molecule has 0 aromatic carbocycles. The van der Waals surface area contributed by atoms with Crippen molar-refractivity contribution in [3.05, 3.63) is 29.5 Å². The highest BCUT2D eigenvalue weighted by Crippen LogP contribution is 2.01. The van der Waals surface area contributed by atoms with Crippen LogP contribution >= 0.6 is 0 Å². The highest BCUT2D eigenvalue weighted by molar-refractivity contribution is 5.86. The van der Waals surface area contributed by atoms with Gasteiger partial charge in [-0.3, -0.25) is 0 Å². The van der Waals surface area contributed by atoms with Gasteiger partial charge < -0.3 is 5.11 Å². The molecule has 0 aliphatic heterocycles. The van der Waals surface area contributed by atoms with Crippen molar-refractivity contribution in [3.63, 3.8) is 0 Å². The molecule has 1 N–H and O–H groups in total. The maximum atomic E-state index is 10.7. The van der Waals surface area contributed by atoms with E-state index in [-0.39, 0.29) is 0 Å². The van der Waals surface area contributed by atoms with Gasteiger partial charge in [0.25, 0.3) is 0 Å². The predicted octanol–water partition coefficient (Wildman–Crippen LogP) is 1.09. The smallest absolute Gasteiger partial charge is 0.354 e. The first-order valence-corrected chi connectivity index (χ1v) is 2.45. The molecule has 0 unspecified atom stereocenters. The summed E-state index contributed by atoms with van der Waals surface area (Å²) < 4.78 is 35.6. The molecule has 1 aromatic heterocycles. The van der Waals surface area contributed by atoms with Gasteiger partial charge in [0, 0.05) is 10.3 Å². The van der Waals surface area contributed by atoms with Crippen LogP contribution < -0.4 is 0 Å². The Morgan fingerprint density at radius 2 is 2.80 bits per heavy atom. The van der Waals surface area contributed by atoms with Crippen molar-refractivity contribution in [3.8, 4) is 0 Å². The fourth-order valence-corrected chi connectivity index (χ4v) is 0.480. The number of nitrogens with zero attached hydrogens (tertiary/aromatic N) is 1. The third kappa shape index (κ3) is 1.13. The third-order valence-electron chi connectivity index (χ3n) is 0.897. The summed E-state index contributed by atoms with van der Waals surface area (Å²) in [5.74, 6) is -1.55. The van der Waals surface area contributed by atoms with E-state index in [1.54, 1.807) is 0 Å². The molecule has 0 saturated carbocycles. The van der Waals surface area contributed by atoms with Gasteiger partial charge in [0.1, 0.15) is 0 Å². The minimum Gasteiger partial charge on any atom is -0.477 e. The molecule has 0 spiro atoms. The Labute approximate surface area is 65.4 Å². The number of aromatic carboxylic acids is 1. The number of rotatable bonds is 1. The van der Waals surface area contributed by atoms with Gasteiger partial charge in [-0.25, -0.2) is 9.78 Å². The van der Waals surface area contributed by atoms with Crippen molar-refractivity contribution in [2.45, 2.75) is 6.85 Å². The summed E-state index contributed by atoms with van der Waals surface area (Å²) in [6.45, 7) is -2.72. The fraction of sp³-hybridized carbons (Fsp3) is 0.143. The maximum absolute atomic E-state index is 10.7. The molecule has 10 heavy (non-hydrogen) atoms. The Kier molecular flexibility index (Phi) is 0.667. The lowest BCUT2D eigenvalue weighted by molar-refractivity contribution is 0.0689. The van der Waals surface area contributed by atoms with E-state index < -0.39 is 36.3 Å². The molecule has 0 saturated heterocycles. The molecule has 0 bridgehead atoms. The SMILES string of the molecule is [2H]c1cc([2H])c(C([2H])([2H])[2H])c(C(=O)O)n1. The number of carbonyl (C=O) groups is 1. The van der Waals surface area contributed by atoms with Gasteiger partial charge in [0.05, 0.1) is 2.74 Å². The second-order valence-corrected chi connectivity index (χ2v) is 1.56. The molecule has 0 amide bonds. The standard InChI is InChI=1S/C7H7NO2/c1-5-3-2-4-8-6(5)7(9)10/h2-4H,1H3,(H,9,10)/i1D3,3D,4D. The van der Waals surface area contributed by atoms with Crippen LogP contribution in [0.3, 0.4) is 0 Å². The van der Waals surface area contributed by atoms with E-state index in [9.17, 15) is 4.79 Å². The van der Waals surface area contributed by atoms with Gasteiger partial charge in [-0.05, 0) is 18.5 Å². The van der Waals surface area contributed by atoms with E-state index in [0.29, 0.717) is 0 Å². The summed E-state index contributed by atoms with van der Waals surface area (Å²) in [6.07, 6.45) is -0.439. The zero-order valence-corrected chi connectivity index (χ0v) is 4.88. The van der Waals surface area contributed by atoms with E-state index >= 15 is 0 Å². The van der Waals surface area contributed by atoms with Crippen LogP contribution in [0.5, 0.6) is 0 Å². The lowest BCUT2D eigenvalue weighted by Crippen LogP contribution is -2.01. The van der Waals surface area contributed by atoms with Crippen molar-refractivity contribution in [1.82, 2.24) is 4.98 Å². The van der Waals surface area contributed by atoms with Crippen molar-refractivity contribution >= 4 is 5.97 Å². The number of hydrogen-bond donors (Lipinski definition) is 1. The van der Waals surface area contributed by atoms with Gasteiger partial charge in [0.15, 0.2) is 5.69 Å². The van der Waals surface area contributed by atoms with Gasteiger partial charge in [-0.1, -0.05) is 6.04 Å². The monoisotopic (exact) mass is 142 g/mol. The minimum absolute atomic E-state index is 0.439. The first kappa shape index (κ1) is 2.70. The summed E-state index contributed by atoms with van der Waals surface area (Å²) >= 11 is 0. The quantitative estimate of drug-likeness (QED) is 0.638. The van der Waals surface area contributed by atoms with E-state index in [1.165, 1.54) is 0 Å². The molecular weight excluding hydrogens is 130 g/mol. The number of aromatic nitrogens is 1. The molecule has 0 aliphatic rings. The second-order valence-electron chi connectivity index (χ2n) is 1.56.